The van der Waals surface area contributed by atoms with Crippen molar-refractivity contribution >= 4 is 11.9 Å². The maximum atomic E-state index is 12.0. The molecule has 0 bridgehead atoms. The summed E-state index contributed by atoms with van der Waals surface area (Å²) in [6.07, 6.45) is 1.40. The number of nitrogens with one attached hydrogen (secondary N) is 1. The quantitative estimate of drug-likeness (QED) is 0.822. The molecule has 1 fully saturated rings. The number of amides is 1. The van der Waals surface area contributed by atoms with Crippen molar-refractivity contribution in [2.75, 3.05) is 0 Å². The van der Waals surface area contributed by atoms with E-state index in [-0.39, 0.29) is 17.6 Å². The van der Waals surface area contributed by atoms with Crippen molar-refractivity contribution in [2.24, 2.45) is 11.8 Å². The smallest absolute Gasteiger partial charge is 0.408 e. The lowest BCUT2D eigenvalue weighted by Gasteiger charge is -2.25. The highest BCUT2D eigenvalue weighted by Crippen LogP contribution is 2.32. The van der Waals surface area contributed by atoms with Gasteiger partial charge in [0, 0.05) is 5.92 Å². The molecular formula is C13H23NO3. The summed E-state index contributed by atoms with van der Waals surface area (Å²) in [5, 5.41) is 2.68. The van der Waals surface area contributed by atoms with Crippen molar-refractivity contribution < 1.29 is 14.3 Å². The van der Waals surface area contributed by atoms with Crippen LogP contribution >= 0.6 is 0 Å². The summed E-state index contributed by atoms with van der Waals surface area (Å²) >= 11 is 0. The Hall–Kier alpha value is -1.06. The van der Waals surface area contributed by atoms with E-state index < -0.39 is 17.7 Å². The lowest BCUT2D eigenvalue weighted by atomic mass is 9.97. The summed E-state index contributed by atoms with van der Waals surface area (Å²) in [6, 6.07) is -0.419. The Balaban J connectivity index is 2.54. The third kappa shape index (κ3) is 4.75. The Morgan fingerprint density at radius 3 is 2.12 bits per heavy atom. The average molecular weight is 241 g/mol. The summed E-state index contributed by atoms with van der Waals surface area (Å²) in [5.41, 5.74) is -0.533. The number of hydrogen-bond donors (Lipinski definition) is 1. The number of Topliss-reactive ketones (excluding diaryl/α,β-unsaturated/α-hetero) is 1. The predicted octanol–water partition coefficient (Wildman–Crippen LogP) is 2.51. The monoisotopic (exact) mass is 241 g/mol. The molecule has 1 aliphatic rings. The molecule has 1 unspecified atom stereocenters. The molecule has 0 spiro atoms. The van der Waals surface area contributed by atoms with Crippen molar-refractivity contribution in [3.63, 3.8) is 0 Å². The van der Waals surface area contributed by atoms with Gasteiger partial charge < -0.3 is 10.1 Å². The first-order valence-corrected chi connectivity index (χ1v) is 6.24. The SMILES string of the molecule is CC(C)C(NC(=O)OC(C)(C)C)C(=O)C1CC1. The van der Waals surface area contributed by atoms with Gasteiger partial charge in [-0.2, -0.15) is 0 Å². The number of carbonyl (C=O) groups excluding carboxylic acids is 2. The predicted molar refractivity (Wildman–Crippen MR) is 65.7 cm³/mol. The van der Waals surface area contributed by atoms with Gasteiger partial charge in [-0.25, -0.2) is 4.79 Å². The highest BCUT2D eigenvalue weighted by atomic mass is 16.6. The molecule has 0 aliphatic heterocycles. The van der Waals surface area contributed by atoms with Gasteiger partial charge >= 0.3 is 6.09 Å². The number of alkyl carbamates (subject to hydrolysis) is 1. The minimum Gasteiger partial charge on any atom is -0.444 e. The van der Waals surface area contributed by atoms with Gasteiger partial charge in [0.25, 0.3) is 0 Å². The Morgan fingerprint density at radius 2 is 1.76 bits per heavy atom. The van der Waals surface area contributed by atoms with Gasteiger partial charge in [-0.1, -0.05) is 13.8 Å². The maximum absolute atomic E-state index is 12.0. The van der Waals surface area contributed by atoms with Crippen LogP contribution in [0.1, 0.15) is 47.5 Å². The van der Waals surface area contributed by atoms with Gasteiger partial charge in [-0.05, 0) is 39.5 Å². The largest absolute Gasteiger partial charge is 0.444 e. The highest BCUT2D eigenvalue weighted by Gasteiger charge is 2.37. The van der Waals surface area contributed by atoms with Crippen LogP contribution in [0.4, 0.5) is 4.79 Å². The molecular weight excluding hydrogens is 218 g/mol. The minimum absolute atomic E-state index is 0.0932. The van der Waals surface area contributed by atoms with E-state index in [9.17, 15) is 9.59 Å². The molecule has 0 heterocycles. The van der Waals surface area contributed by atoms with Gasteiger partial charge in [0.1, 0.15) is 5.60 Å². The number of ketones is 1. The van der Waals surface area contributed by atoms with Gasteiger partial charge in [-0.15, -0.1) is 0 Å². The van der Waals surface area contributed by atoms with Crippen LogP contribution in [0.15, 0.2) is 0 Å². The highest BCUT2D eigenvalue weighted by molar-refractivity contribution is 5.91. The van der Waals surface area contributed by atoms with E-state index in [1.807, 2.05) is 13.8 Å². The van der Waals surface area contributed by atoms with Gasteiger partial charge in [0.05, 0.1) is 6.04 Å². The zero-order valence-corrected chi connectivity index (χ0v) is 11.4. The van der Waals surface area contributed by atoms with Crippen LogP contribution in [0.3, 0.4) is 0 Å². The summed E-state index contributed by atoms with van der Waals surface area (Å²) < 4.78 is 5.17. The van der Waals surface area contributed by atoms with E-state index in [2.05, 4.69) is 5.32 Å². The molecule has 1 amide bonds. The molecule has 1 N–H and O–H groups in total. The van der Waals surface area contributed by atoms with Gasteiger partial charge in [0.2, 0.25) is 0 Å². The van der Waals surface area contributed by atoms with E-state index in [0.29, 0.717) is 0 Å². The molecule has 0 aromatic carbocycles. The van der Waals surface area contributed by atoms with E-state index in [0.717, 1.165) is 12.8 Å². The van der Waals surface area contributed by atoms with E-state index in [1.54, 1.807) is 20.8 Å². The summed E-state index contributed by atoms with van der Waals surface area (Å²) in [4.78, 5) is 23.6. The van der Waals surface area contributed by atoms with E-state index in [1.165, 1.54) is 0 Å². The third-order valence-electron chi connectivity index (χ3n) is 2.63. The molecule has 0 aromatic rings. The van der Waals surface area contributed by atoms with Crippen molar-refractivity contribution in [1.82, 2.24) is 5.32 Å². The fourth-order valence-electron chi connectivity index (χ4n) is 1.62. The van der Waals surface area contributed by atoms with Crippen LogP contribution in [0.25, 0.3) is 0 Å². The number of carbonyl (C=O) groups is 2. The van der Waals surface area contributed by atoms with E-state index in [4.69, 9.17) is 4.74 Å². The van der Waals surface area contributed by atoms with Crippen LogP contribution in [-0.4, -0.2) is 23.5 Å². The lowest BCUT2D eigenvalue weighted by molar-refractivity contribution is -0.123. The fourth-order valence-corrected chi connectivity index (χ4v) is 1.62. The first-order chi connectivity index (χ1) is 7.70. The third-order valence-corrected chi connectivity index (χ3v) is 2.63. The molecule has 17 heavy (non-hydrogen) atoms. The standard InChI is InChI=1S/C13H23NO3/c1-8(2)10(11(15)9-6-7-9)14-12(16)17-13(3,4)5/h8-10H,6-7H2,1-5H3,(H,14,16). The van der Waals surface area contributed by atoms with Crippen LogP contribution in [0.5, 0.6) is 0 Å². The second-order valence-electron chi connectivity index (χ2n) is 6.04. The zero-order valence-electron chi connectivity index (χ0n) is 11.4. The minimum atomic E-state index is -0.533. The van der Waals surface area contributed by atoms with Crippen LogP contribution in [0.2, 0.25) is 0 Å². The van der Waals surface area contributed by atoms with Crippen LogP contribution in [0, 0.1) is 11.8 Å². The lowest BCUT2D eigenvalue weighted by Crippen LogP contribution is -2.47. The van der Waals surface area contributed by atoms with Crippen molar-refractivity contribution in [3.8, 4) is 0 Å². The average Bonchev–Trinajstić information content (AvgIpc) is 2.92. The van der Waals surface area contributed by atoms with Crippen molar-refractivity contribution in [3.05, 3.63) is 0 Å². The second-order valence-corrected chi connectivity index (χ2v) is 6.04. The first-order valence-electron chi connectivity index (χ1n) is 6.24. The molecule has 1 saturated carbocycles. The van der Waals surface area contributed by atoms with Crippen molar-refractivity contribution in [1.29, 1.82) is 0 Å². The first kappa shape index (κ1) is 14.0. The van der Waals surface area contributed by atoms with Crippen LogP contribution < -0.4 is 5.32 Å². The normalized spacial score (nSPS) is 17.8. The molecule has 4 nitrogen and oxygen atoms in total. The zero-order chi connectivity index (χ0) is 13.2. The molecule has 1 aliphatic carbocycles. The molecule has 1 atom stereocenters. The summed E-state index contributed by atoms with van der Waals surface area (Å²) in [5.74, 6) is 0.388. The molecule has 0 aromatic heterocycles. The number of hydrogen-bond acceptors (Lipinski definition) is 3. The fraction of sp³-hybridized carbons (Fsp3) is 0.846. The summed E-state index contributed by atoms with van der Waals surface area (Å²) in [7, 11) is 0. The Labute approximate surface area is 103 Å². The Bertz CT molecular complexity index is 300. The summed E-state index contributed by atoms with van der Waals surface area (Å²) in [6.45, 7) is 9.28. The topological polar surface area (TPSA) is 55.4 Å². The Kier molecular flexibility index (Phi) is 4.17. The van der Waals surface area contributed by atoms with Gasteiger partial charge in [-0.3, -0.25) is 4.79 Å². The second kappa shape index (κ2) is 5.07. The molecule has 4 heteroatoms. The molecule has 98 valence electrons. The molecule has 0 radical (unpaired) electrons. The van der Waals surface area contributed by atoms with Crippen LogP contribution in [-0.2, 0) is 9.53 Å². The van der Waals surface area contributed by atoms with Gasteiger partial charge in [0.15, 0.2) is 5.78 Å². The molecule has 1 rings (SSSR count). The number of rotatable bonds is 4. The van der Waals surface area contributed by atoms with Crippen molar-refractivity contribution in [2.45, 2.75) is 59.1 Å². The molecule has 0 saturated heterocycles. The Morgan fingerprint density at radius 1 is 1.24 bits per heavy atom. The number of ether oxygens (including phenoxy) is 1. The maximum Gasteiger partial charge on any atom is 0.408 e. The van der Waals surface area contributed by atoms with E-state index >= 15 is 0 Å².